The molecule has 2 heterocycles. The molecule has 0 spiro atoms. The first-order chi connectivity index (χ1) is 9.15. The number of nitrogens with zero attached hydrogens (tertiary/aromatic N) is 3. The van der Waals surface area contributed by atoms with Crippen LogP contribution in [0.4, 0.5) is 0 Å². The minimum atomic E-state index is -0.946. The van der Waals surface area contributed by atoms with E-state index in [0.29, 0.717) is 19.4 Å². The van der Waals surface area contributed by atoms with Crippen molar-refractivity contribution in [3.8, 4) is 11.4 Å². The van der Waals surface area contributed by atoms with Gasteiger partial charge < -0.3 is 14.8 Å². The summed E-state index contributed by atoms with van der Waals surface area (Å²) in [6, 6.07) is 6.56. The zero-order valence-electron chi connectivity index (χ0n) is 10.2. The van der Waals surface area contributed by atoms with Crippen LogP contribution < -0.4 is 0 Å². The van der Waals surface area contributed by atoms with E-state index in [1.54, 1.807) is 24.3 Å². The SMILES string of the molecule is O=C(O)c1ccc(-c2nnc3n2CCC(O)C3)cc1. The molecule has 0 aliphatic carbocycles. The fourth-order valence-electron chi connectivity index (χ4n) is 2.29. The third-order valence-corrected chi connectivity index (χ3v) is 3.32. The van der Waals surface area contributed by atoms with Crippen LogP contribution >= 0.6 is 0 Å². The molecule has 1 aromatic heterocycles. The molecule has 1 aliphatic rings. The third-order valence-electron chi connectivity index (χ3n) is 3.32. The number of hydrogen-bond acceptors (Lipinski definition) is 4. The maximum absolute atomic E-state index is 10.8. The predicted molar refractivity (Wildman–Crippen MR) is 66.7 cm³/mol. The van der Waals surface area contributed by atoms with Crippen LogP contribution in [0.1, 0.15) is 22.6 Å². The number of carboxylic acids is 1. The highest BCUT2D eigenvalue weighted by molar-refractivity contribution is 5.88. The van der Waals surface area contributed by atoms with Gasteiger partial charge in [-0.05, 0) is 18.6 Å². The van der Waals surface area contributed by atoms with Crippen LogP contribution in [0.2, 0.25) is 0 Å². The molecule has 0 saturated carbocycles. The van der Waals surface area contributed by atoms with Crippen LogP contribution in [0.5, 0.6) is 0 Å². The standard InChI is InChI=1S/C13H13N3O3/c17-10-5-6-16-11(7-10)14-15-12(16)8-1-3-9(4-2-8)13(18)19/h1-4,10,17H,5-7H2,(H,18,19). The molecule has 0 saturated heterocycles. The third kappa shape index (κ3) is 2.10. The van der Waals surface area contributed by atoms with Crippen molar-refractivity contribution >= 4 is 5.97 Å². The van der Waals surface area contributed by atoms with E-state index in [0.717, 1.165) is 17.2 Å². The van der Waals surface area contributed by atoms with Crippen molar-refractivity contribution < 1.29 is 15.0 Å². The zero-order valence-corrected chi connectivity index (χ0v) is 10.2. The van der Waals surface area contributed by atoms with Crippen molar-refractivity contribution in [1.29, 1.82) is 0 Å². The van der Waals surface area contributed by atoms with Gasteiger partial charge in [0.1, 0.15) is 5.82 Å². The average molecular weight is 259 g/mol. The van der Waals surface area contributed by atoms with Crippen LogP contribution in [0.25, 0.3) is 11.4 Å². The van der Waals surface area contributed by atoms with Crippen LogP contribution in [0.15, 0.2) is 24.3 Å². The Labute approximate surface area is 109 Å². The molecular weight excluding hydrogens is 246 g/mol. The molecule has 98 valence electrons. The van der Waals surface area contributed by atoms with E-state index in [9.17, 15) is 9.90 Å². The van der Waals surface area contributed by atoms with E-state index in [-0.39, 0.29) is 11.7 Å². The molecule has 1 aromatic carbocycles. The van der Waals surface area contributed by atoms with Crippen LogP contribution in [0.3, 0.4) is 0 Å². The quantitative estimate of drug-likeness (QED) is 0.838. The first-order valence-electron chi connectivity index (χ1n) is 6.09. The van der Waals surface area contributed by atoms with E-state index in [2.05, 4.69) is 10.2 Å². The first-order valence-corrected chi connectivity index (χ1v) is 6.09. The molecule has 0 radical (unpaired) electrons. The van der Waals surface area contributed by atoms with Gasteiger partial charge in [-0.25, -0.2) is 4.79 Å². The van der Waals surface area contributed by atoms with Crippen molar-refractivity contribution in [3.63, 3.8) is 0 Å². The molecule has 2 aromatic rings. The van der Waals surface area contributed by atoms with Crippen LogP contribution in [-0.4, -0.2) is 37.1 Å². The molecule has 1 aliphatic heterocycles. The Morgan fingerprint density at radius 1 is 1.26 bits per heavy atom. The lowest BCUT2D eigenvalue weighted by atomic mass is 10.1. The van der Waals surface area contributed by atoms with Crippen molar-refractivity contribution in [2.45, 2.75) is 25.5 Å². The maximum atomic E-state index is 10.8. The molecule has 1 unspecified atom stereocenters. The molecule has 2 N–H and O–H groups in total. The van der Waals surface area contributed by atoms with E-state index < -0.39 is 5.97 Å². The summed E-state index contributed by atoms with van der Waals surface area (Å²) in [7, 11) is 0. The van der Waals surface area contributed by atoms with Crippen molar-refractivity contribution in [3.05, 3.63) is 35.7 Å². The minimum Gasteiger partial charge on any atom is -0.478 e. The van der Waals surface area contributed by atoms with Gasteiger partial charge in [0.05, 0.1) is 11.7 Å². The lowest BCUT2D eigenvalue weighted by molar-refractivity contribution is 0.0697. The zero-order chi connectivity index (χ0) is 13.4. The number of carbonyl (C=O) groups is 1. The Hall–Kier alpha value is -2.21. The number of aromatic carboxylic acids is 1. The molecule has 1 atom stereocenters. The highest BCUT2D eigenvalue weighted by atomic mass is 16.4. The molecule has 0 bridgehead atoms. The summed E-state index contributed by atoms with van der Waals surface area (Å²) in [4.78, 5) is 10.8. The second-order valence-electron chi connectivity index (χ2n) is 4.62. The van der Waals surface area contributed by atoms with Crippen molar-refractivity contribution in [2.24, 2.45) is 0 Å². The molecule has 0 amide bonds. The maximum Gasteiger partial charge on any atom is 0.335 e. The van der Waals surface area contributed by atoms with E-state index in [1.807, 2.05) is 4.57 Å². The van der Waals surface area contributed by atoms with Gasteiger partial charge in [0.2, 0.25) is 0 Å². The van der Waals surface area contributed by atoms with Crippen molar-refractivity contribution in [1.82, 2.24) is 14.8 Å². The van der Waals surface area contributed by atoms with Gasteiger partial charge in [0, 0.05) is 18.5 Å². The summed E-state index contributed by atoms with van der Waals surface area (Å²) in [6.45, 7) is 0.680. The lowest BCUT2D eigenvalue weighted by Crippen LogP contribution is -2.23. The fourth-order valence-corrected chi connectivity index (χ4v) is 2.29. The van der Waals surface area contributed by atoms with E-state index in [4.69, 9.17) is 5.11 Å². The number of aliphatic hydroxyl groups is 1. The monoisotopic (exact) mass is 259 g/mol. The largest absolute Gasteiger partial charge is 0.478 e. The fraction of sp³-hybridized carbons (Fsp3) is 0.308. The molecule has 6 nitrogen and oxygen atoms in total. The minimum absolute atomic E-state index is 0.248. The number of fused-ring (bicyclic) bond motifs is 1. The lowest BCUT2D eigenvalue weighted by Gasteiger charge is -2.19. The van der Waals surface area contributed by atoms with E-state index in [1.165, 1.54) is 0 Å². The summed E-state index contributed by atoms with van der Waals surface area (Å²) >= 11 is 0. The van der Waals surface area contributed by atoms with Crippen LogP contribution in [0, 0.1) is 0 Å². The first kappa shape index (κ1) is 11.9. The van der Waals surface area contributed by atoms with Gasteiger partial charge in [-0.2, -0.15) is 0 Å². The Kier molecular flexibility index (Phi) is 2.79. The predicted octanol–water partition coefficient (Wildman–Crippen LogP) is 0.950. The van der Waals surface area contributed by atoms with Crippen LogP contribution in [-0.2, 0) is 13.0 Å². The molecule has 0 fully saturated rings. The molecule has 19 heavy (non-hydrogen) atoms. The van der Waals surface area contributed by atoms with Crippen molar-refractivity contribution in [2.75, 3.05) is 0 Å². The highest BCUT2D eigenvalue weighted by Gasteiger charge is 2.21. The summed E-state index contributed by atoms with van der Waals surface area (Å²) in [5, 5.41) is 26.7. The normalized spacial score (nSPS) is 18.1. The number of rotatable bonds is 2. The van der Waals surface area contributed by atoms with Gasteiger partial charge >= 0.3 is 5.97 Å². The smallest absolute Gasteiger partial charge is 0.335 e. The summed E-state index contributed by atoms with van der Waals surface area (Å²) in [5.74, 6) is 0.549. The van der Waals surface area contributed by atoms with Gasteiger partial charge in [-0.1, -0.05) is 12.1 Å². The number of benzene rings is 1. The van der Waals surface area contributed by atoms with Gasteiger partial charge in [-0.15, -0.1) is 10.2 Å². The molecule has 3 rings (SSSR count). The highest BCUT2D eigenvalue weighted by Crippen LogP contribution is 2.23. The average Bonchev–Trinajstić information content (AvgIpc) is 2.81. The van der Waals surface area contributed by atoms with Gasteiger partial charge in [-0.3, -0.25) is 0 Å². The summed E-state index contributed by atoms with van der Waals surface area (Å²) in [6.07, 6.45) is 0.852. The topological polar surface area (TPSA) is 88.2 Å². The Morgan fingerprint density at radius 2 is 2.00 bits per heavy atom. The summed E-state index contributed by atoms with van der Waals surface area (Å²) < 4.78 is 1.97. The van der Waals surface area contributed by atoms with E-state index >= 15 is 0 Å². The number of aromatic nitrogens is 3. The Balaban J connectivity index is 1.97. The number of hydrogen-bond donors (Lipinski definition) is 2. The summed E-state index contributed by atoms with van der Waals surface area (Å²) in [5.41, 5.74) is 1.08. The molecule has 6 heteroatoms. The number of aliphatic hydroxyl groups excluding tert-OH is 1. The van der Waals surface area contributed by atoms with Gasteiger partial charge in [0.25, 0.3) is 0 Å². The molecular formula is C13H13N3O3. The second kappa shape index (κ2) is 4.47. The van der Waals surface area contributed by atoms with Gasteiger partial charge in [0.15, 0.2) is 5.82 Å². The second-order valence-corrected chi connectivity index (χ2v) is 4.62. The number of carboxylic acid groups (broad SMARTS) is 1. The Morgan fingerprint density at radius 3 is 2.68 bits per heavy atom. The Bertz CT molecular complexity index is 619.